The van der Waals surface area contributed by atoms with Crippen LogP contribution in [0.2, 0.25) is 0 Å². The highest BCUT2D eigenvalue weighted by atomic mass is 19.1. The van der Waals surface area contributed by atoms with E-state index in [-0.39, 0.29) is 17.6 Å². The lowest BCUT2D eigenvalue weighted by molar-refractivity contribution is -0.120. The molecule has 1 N–H and O–H groups in total. The molecule has 4 rings (SSSR count). The van der Waals surface area contributed by atoms with E-state index < -0.39 is 0 Å². The number of rotatable bonds is 5. The number of aromatic nitrogens is 2. The van der Waals surface area contributed by atoms with Gasteiger partial charge in [-0.3, -0.25) is 4.79 Å². The molecule has 156 valence electrons. The van der Waals surface area contributed by atoms with Crippen molar-refractivity contribution in [2.24, 2.45) is 5.92 Å². The van der Waals surface area contributed by atoms with Crippen LogP contribution < -0.4 is 10.2 Å². The average molecular weight is 408 g/mol. The summed E-state index contributed by atoms with van der Waals surface area (Å²) in [5, 5.41) is 6.97. The van der Waals surface area contributed by atoms with Crippen molar-refractivity contribution in [3.8, 4) is 11.4 Å². The summed E-state index contributed by atoms with van der Waals surface area (Å²) in [7, 11) is 0. The Morgan fingerprint density at radius 1 is 1.10 bits per heavy atom. The highest BCUT2D eigenvalue weighted by Gasteiger charge is 2.27. The van der Waals surface area contributed by atoms with Gasteiger partial charge in [-0.05, 0) is 48.6 Å². The number of nitrogens with zero attached hydrogens (tertiary/aromatic N) is 3. The summed E-state index contributed by atoms with van der Waals surface area (Å²) in [6.45, 7) is 5.64. The van der Waals surface area contributed by atoms with Crippen LogP contribution in [0.5, 0.6) is 0 Å². The van der Waals surface area contributed by atoms with Gasteiger partial charge in [-0.25, -0.2) is 4.39 Å². The molecule has 6 nitrogen and oxygen atoms in total. The van der Waals surface area contributed by atoms with Crippen molar-refractivity contribution in [3.05, 3.63) is 59.9 Å². The Bertz CT molecular complexity index is 991. The van der Waals surface area contributed by atoms with E-state index in [1.54, 1.807) is 12.1 Å². The molecule has 1 fully saturated rings. The lowest BCUT2D eigenvalue weighted by Gasteiger charge is -2.29. The monoisotopic (exact) mass is 408 g/mol. The molecular weight excluding hydrogens is 383 g/mol. The second kappa shape index (κ2) is 8.65. The number of carbonyl (C=O) groups is 1. The standard InChI is InChI=1S/C23H25FN4O2/c1-15(2)16-3-5-17(6-4-16)21-26-23(30-27-21)28-13-11-18(12-14-28)22(29)25-20-9-7-19(24)8-10-20/h3-10,15,18H,11-14H2,1-2H3,(H,25,29). The first-order valence-corrected chi connectivity index (χ1v) is 10.2. The molecule has 0 aliphatic carbocycles. The van der Waals surface area contributed by atoms with Gasteiger partial charge < -0.3 is 14.7 Å². The molecule has 2 heterocycles. The minimum atomic E-state index is -0.323. The summed E-state index contributed by atoms with van der Waals surface area (Å²) in [4.78, 5) is 19.0. The van der Waals surface area contributed by atoms with Crippen molar-refractivity contribution in [3.63, 3.8) is 0 Å². The van der Waals surface area contributed by atoms with Gasteiger partial charge in [0.2, 0.25) is 11.7 Å². The van der Waals surface area contributed by atoms with Gasteiger partial charge in [0.25, 0.3) is 0 Å². The van der Waals surface area contributed by atoms with Crippen LogP contribution in [-0.4, -0.2) is 29.1 Å². The first-order valence-electron chi connectivity index (χ1n) is 10.2. The van der Waals surface area contributed by atoms with E-state index in [1.807, 2.05) is 17.0 Å². The predicted octanol–water partition coefficient (Wildman–Crippen LogP) is 4.85. The molecule has 7 heteroatoms. The van der Waals surface area contributed by atoms with E-state index in [1.165, 1.54) is 17.7 Å². The first-order chi connectivity index (χ1) is 14.5. The lowest BCUT2D eigenvalue weighted by atomic mass is 9.96. The number of halogens is 1. The summed E-state index contributed by atoms with van der Waals surface area (Å²) in [6, 6.07) is 14.5. The zero-order valence-corrected chi connectivity index (χ0v) is 17.1. The molecule has 1 aliphatic heterocycles. The average Bonchev–Trinajstić information content (AvgIpc) is 3.26. The van der Waals surface area contributed by atoms with Crippen molar-refractivity contribution in [2.75, 3.05) is 23.3 Å². The van der Waals surface area contributed by atoms with Gasteiger partial charge in [0.1, 0.15) is 5.82 Å². The molecule has 2 aromatic carbocycles. The van der Waals surface area contributed by atoms with Crippen LogP contribution >= 0.6 is 0 Å². The molecule has 0 unspecified atom stereocenters. The van der Waals surface area contributed by atoms with Gasteiger partial charge >= 0.3 is 6.01 Å². The van der Waals surface area contributed by atoms with Crippen LogP contribution in [0.1, 0.15) is 38.2 Å². The summed E-state index contributed by atoms with van der Waals surface area (Å²) in [5.74, 6) is 0.573. The molecule has 1 saturated heterocycles. The highest BCUT2D eigenvalue weighted by molar-refractivity contribution is 5.92. The molecule has 0 bridgehead atoms. The molecule has 1 amide bonds. The third kappa shape index (κ3) is 4.50. The van der Waals surface area contributed by atoms with Gasteiger partial charge in [0.15, 0.2) is 0 Å². The van der Waals surface area contributed by atoms with Crippen LogP contribution in [0.4, 0.5) is 16.1 Å². The van der Waals surface area contributed by atoms with Gasteiger partial charge in [-0.2, -0.15) is 4.98 Å². The largest absolute Gasteiger partial charge is 0.326 e. The topological polar surface area (TPSA) is 71.3 Å². The van der Waals surface area contributed by atoms with Crippen molar-refractivity contribution >= 4 is 17.6 Å². The van der Waals surface area contributed by atoms with E-state index in [9.17, 15) is 9.18 Å². The maximum absolute atomic E-state index is 13.0. The van der Waals surface area contributed by atoms with Crippen molar-refractivity contribution in [1.82, 2.24) is 10.1 Å². The maximum atomic E-state index is 13.0. The number of hydrogen-bond acceptors (Lipinski definition) is 5. The van der Waals surface area contributed by atoms with Crippen molar-refractivity contribution in [2.45, 2.75) is 32.6 Å². The fraction of sp³-hybridized carbons (Fsp3) is 0.348. The van der Waals surface area contributed by atoms with Crippen molar-refractivity contribution in [1.29, 1.82) is 0 Å². The van der Waals surface area contributed by atoms with E-state index >= 15 is 0 Å². The van der Waals surface area contributed by atoms with Crippen molar-refractivity contribution < 1.29 is 13.7 Å². The van der Waals surface area contributed by atoms with Gasteiger partial charge in [-0.15, -0.1) is 0 Å². The first kappa shape index (κ1) is 20.1. The quantitative estimate of drug-likeness (QED) is 0.653. The lowest BCUT2D eigenvalue weighted by Crippen LogP contribution is -2.38. The molecule has 1 aromatic heterocycles. The molecule has 0 radical (unpaired) electrons. The Labute approximate surface area is 175 Å². The number of carbonyl (C=O) groups excluding carboxylic acids is 1. The van der Waals surface area contributed by atoms with Crippen LogP contribution in [0.25, 0.3) is 11.4 Å². The minimum absolute atomic E-state index is 0.0438. The number of hydrogen-bond donors (Lipinski definition) is 1. The second-order valence-corrected chi connectivity index (χ2v) is 7.93. The molecule has 3 aromatic rings. The SMILES string of the molecule is CC(C)c1ccc(-c2noc(N3CCC(C(=O)Nc4ccc(F)cc4)CC3)n2)cc1. The van der Waals surface area contributed by atoms with Crippen LogP contribution in [0.15, 0.2) is 53.1 Å². The van der Waals surface area contributed by atoms with E-state index in [0.717, 1.165) is 5.56 Å². The molecule has 0 atom stereocenters. The second-order valence-electron chi connectivity index (χ2n) is 7.93. The van der Waals surface area contributed by atoms with Gasteiger partial charge in [-0.1, -0.05) is 43.3 Å². The van der Waals surface area contributed by atoms with Crippen LogP contribution in [-0.2, 0) is 4.79 Å². The fourth-order valence-electron chi connectivity index (χ4n) is 3.59. The Balaban J connectivity index is 1.34. The number of benzene rings is 2. The number of amides is 1. The molecule has 30 heavy (non-hydrogen) atoms. The molecular formula is C23H25FN4O2. The van der Waals surface area contributed by atoms with E-state index in [2.05, 4.69) is 41.4 Å². The highest BCUT2D eigenvalue weighted by Crippen LogP contribution is 2.26. The van der Waals surface area contributed by atoms with Crippen LogP contribution in [0.3, 0.4) is 0 Å². The number of anilines is 2. The predicted molar refractivity (Wildman–Crippen MR) is 114 cm³/mol. The normalized spacial score (nSPS) is 14.9. The Morgan fingerprint density at radius 3 is 2.40 bits per heavy atom. The molecule has 1 aliphatic rings. The summed E-state index contributed by atoms with van der Waals surface area (Å²) >= 11 is 0. The van der Waals surface area contributed by atoms with E-state index in [4.69, 9.17) is 4.52 Å². The third-order valence-corrected chi connectivity index (χ3v) is 5.50. The Hall–Kier alpha value is -3.22. The van der Waals surface area contributed by atoms with Gasteiger partial charge in [0.05, 0.1) is 0 Å². The van der Waals surface area contributed by atoms with Crippen LogP contribution in [0, 0.1) is 11.7 Å². The summed E-state index contributed by atoms with van der Waals surface area (Å²) < 4.78 is 18.5. The minimum Gasteiger partial charge on any atom is -0.326 e. The summed E-state index contributed by atoms with van der Waals surface area (Å²) in [5.41, 5.74) is 2.79. The van der Waals surface area contributed by atoms with E-state index in [0.29, 0.717) is 49.4 Å². The maximum Gasteiger partial charge on any atom is 0.324 e. The Morgan fingerprint density at radius 2 is 1.77 bits per heavy atom. The summed E-state index contributed by atoms with van der Waals surface area (Å²) in [6.07, 6.45) is 1.38. The zero-order valence-electron chi connectivity index (χ0n) is 17.1. The molecule has 0 spiro atoms. The van der Waals surface area contributed by atoms with Gasteiger partial charge in [0, 0.05) is 30.3 Å². The number of nitrogens with one attached hydrogen (secondary N) is 1. The zero-order chi connectivity index (χ0) is 21.1. The Kier molecular flexibility index (Phi) is 5.79. The smallest absolute Gasteiger partial charge is 0.324 e. The fourth-order valence-corrected chi connectivity index (χ4v) is 3.59. The number of piperidine rings is 1. The molecule has 0 saturated carbocycles. The third-order valence-electron chi connectivity index (χ3n) is 5.50.